The molecule has 0 saturated carbocycles. The van der Waals surface area contributed by atoms with E-state index in [4.69, 9.17) is 23.2 Å². The van der Waals surface area contributed by atoms with E-state index < -0.39 is 0 Å². The highest BCUT2D eigenvalue weighted by atomic mass is 35.5. The summed E-state index contributed by atoms with van der Waals surface area (Å²) in [5.41, 5.74) is 2.86. The highest BCUT2D eigenvalue weighted by molar-refractivity contribution is 6.30. The van der Waals surface area contributed by atoms with Crippen molar-refractivity contribution in [2.24, 2.45) is 0 Å². The Labute approximate surface area is 127 Å². The van der Waals surface area contributed by atoms with E-state index in [1.165, 1.54) is 0 Å². The smallest absolute Gasteiger partial charge is 0.160 e. The van der Waals surface area contributed by atoms with Crippen LogP contribution in [0.25, 0.3) is 11.2 Å². The molecule has 20 heavy (non-hydrogen) atoms. The number of hydrogen-bond acceptors (Lipinski definition) is 2. The molecule has 0 radical (unpaired) electrons. The summed E-state index contributed by atoms with van der Waals surface area (Å²) >= 11 is 12.0. The van der Waals surface area contributed by atoms with E-state index in [0.29, 0.717) is 5.88 Å². The van der Waals surface area contributed by atoms with Crippen LogP contribution in [0.1, 0.15) is 24.4 Å². The molecule has 2 aromatic heterocycles. The van der Waals surface area contributed by atoms with Crippen molar-refractivity contribution in [1.29, 1.82) is 0 Å². The van der Waals surface area contributed by atoms with Crippen LogP contribution in [0.15, 0.2) is 42.6 Å². The Morgan fingerprint density at radius 1 is 1.20 bits per heavy atom. The summed E-state index contributed by atoms with van der Waals surface area (Å²) in [4.78, 5) is 8.97. The van der Waals surface area contributed by atoms with E-state index in [1.54, 1.807) is 6.20 Å². The number of halogens is 2. The van der Waals surface area contributed by atoms with Gasteiger partial charge in [0.1, 0.15) is 11.3 Å². The highest BCUT2D eigenvalue weighted by Gasteiger charge is 2.17. The Bertz CT molecular complexity index is 734. The minimum atomic E-state index is 0.0981. The number of imidazole rings is 1. The fourth-order valence-corrected chi connectivity index (χ4v) is 2.68. The van der Waals surface area contributed by atoms with Gasteiger partial charge >= 0.3 is 0 Å². The molecule has 3 aromatic rings. The lowest BCUT2D eigenvalue weighted by atomic mass is 10.1. The molecule has 2 heterocycles. The van der Waals surface area contributed by atoms with Gasteiger partial charge in [-0.15, -0.1) is 11.6 Å². The summed E-state index contributed by atoms with van der Waals surface area (Å²) in [6, 6.07) is 11.7. The number of alkyl halides is 1. The fourth-order valence-electron chi connectivity index (χ4n) is 2.37. The maximum Gasteiger partial charge on any atom is 0.160 e. The molecule has 3 rings (SSSR count). The summed E-state index contributed by atoms with van der Waals surface area (Å²) in [7, 11) is 0. The Kier molecular flexibility index (Phi) is 3.64. The van der Waals surface area contributed by atoms with Crippen LogP contribution in [0, 0.1) is 0 Å². The molecule has 1 atom stereocenters. The molecular weight excluding hydrogens is 293 g/mol. The molecule has 0 aliphatic rings. The molecule has 5 heteroatoms. The Morgan fingerprint density at radius 3 is 2.65 bits per heavy atom. The van der Waals surface area contributed by atoms with Gasteiger partial charge in [0, 0.05) is 11.2 Å². The maximum atomic E-state index is 6.03. The first-order chi connectivity index (χ1) is 9.70. The monoisotopic (exact) mass is 305 g/mol. The lowest BCUT2D eigenvalue weighted by Crippen LogP contribution is -2.10. The SMILES string of the molecule is CC(c1ccc(Cl)cc1)n1c(CCl)nc2cccnc21. The molecule has 0 spiro atoms. The van der Waals surface area contributed by atoms with Crippen LogP contribution in [0.4, 0.5) is 0 Å². The standard InChI is InChI=1S/C15H13Cl2N3/c1-10(11-4-6-12(17)7-5-11)20-14(9-16)19-13-3-2-8-18-15(13)20/h2-8,10H,9H2,1H3. The van der Waals surface area contributed by atoms with Crippen LogP contribution >= 0.6 is 23.2 Å². The summed E-state index contributed by atoms with van der Waals surface area (Å²) in [6.07, 6.45) is 1.77. The number of hydrogen-bond donors (Lipinski definition) is 0. The summed E-state index contributed by atoms with van der Waals surface area (Å²) in [5, 5.41) is 0.729. The molecule has 0 amide bonds. The number of aromatic nitrogens is 3. The highest BCUT2D eigenvalue weighted by Crippen LogP contribution is 2.26. The van der Waals surface area contributed by atoms with Gasteiger partial charge in [0.15, 0.2) is 5.65 Å². The molecule has 1 aromatic carbocycles. The van der Waals surface area contributed by atoms with Crippen molar-refractivity contribution in [3.63, 3.8) is 0 Å². The zero-order valence-corrected chi connectivity index (χ0v) is 12.4. The predicted octanol–water partition coefficient (Wildman–Crippen LogP) is 4.43. The van der Waals surface area contributed by atoms with Gasteiger partial charge in [0.2, 0.25) is 0 Å². The van der Waals surface area contributed by atoms with Gasteiger partial charge in [-0.3, -0.25) is 0 Å². The summed E-state index contributed by atoms with van der Waals surface area (Å²) in [5.74, 6) is 1.18. The largest absolute Gasteiger partial charge is 0.304 e. The van der Waals surface area contributed by atoms with Gasteiger partial charge in [-0.2, -0.15) is 0 Å². The topological polar surface area (TPSA) is 30.7 Å². The van der Waals surface area contributed by atoms with Gasteiger partial charge in [-0.1, -0.05) is 23.7 Å². The number of benzene rings is 1. The molecule has 3 nitrogen and oxygen atoms in total. The van der Waals surface area contributed by atoms with Gasteiger partial charge in [0.25, 0.3) is 0 Å². The van der Waals surface area contributed by atoms with Gasteiger partial charge < -0.3 is 4.57 Å². The van der Waals surface area contributed by atoms with E-state index in [0.717, 1.165) is 27.6 Å². The van der Waals surface area contributed by atoms with Crippen molar-refractivity contribution < 1.29 is 0 Å². The van der Waals surface area contributed by atoms with E-state index >= 15 is 0 Å². The fraction of sp³-hybridized carbons (Fsp3) is 0.200. The first-order valence-corrected chi connectivity index (χ1v) is 7.25. The minimum absolute atomic E-state index is 0.0981. The summed E-state index contributed by atoms with van der Waals surface area (Å²) in [6.45, 7) is 2.11. The van der Waals surface area contributed by atoms with Gasteiger partial charge in [-0.05, 0) is 36.8 Å². The zero-order valence-electron chi connectivity index (χ0n) is 10.9. The van der Waals surface area contributed by atoms with Crippen LogP contribution in [-0.4, -0.2) is 14.5 Å². The van der Waals surface area contributed by atoms with Gasteiger partial charge in [0.05, 0.1) is 11.9 Å². The molecule has 0 aliphatic heterocycles. The van der Waals surface area contributed by atoms with Crippen molar-refractivity contribution in [3.05, 3.63) is 59.0 Å². The van der Waals surface area contributed by atoms with Crippen molar-refractivity contribution in [2.75, 3.05) is 0 Å². The third-order valence-corrected chi connectivity index (χ3v) is 3.87. The zero-order chi connectivity index (χ0) is 14.1. The van der Waals surface area contributed by atoms with E-state index in [9.17, 15) is 0 Å². The van der Waals surface area contributed by atoms with Crippen molar-refractivity contribution in [2.45, 2.75) is 18.8 Å². The van der Waals surface area contributed by atoms with Crippen LogP contribution in [0.5, 0.6) is 0 Å². The normalized spacial score (nSPS) is 12.8. The first-order valence-electron chi connectivity index (χ1n) is 6.34. The van der Waals surface area contributed by atoms with Crippen LogP contribution in [0.2, 0.25) is 5.02 Å². The first kappa shape index (κ1) is 13.4. The lowest BCUT2D eigenvalue weighted by molar-refractivity contribution is 0.629. The second-order valence-electron chi connectivity index (χ2n) is 4.61. The molecule has 0 N–H and O–H groups in total. The van der Waals surface area contributed by atoms with Crippen molar-refractivity contribution >= 4 is 34.4 Å². The minimum Gasteiger partial charge on any atom is -0.304 e. The molecule has 0 bridgehead atoms. The molecule has 0 fully saturated rings. The van der Waals surface area contributed by atoms with Crippen molar-refractivity contribution in [3.8, 4) is 0 Å². The predicted molar refractivity (Wildman–Crippen MR) is 82.4 cm³/mol. The van der Waals surface area contributed by atoms with E-state index in [2.05, 4.69) is 21.5 Å². The second kappa shape index (κ2) is 5.43. The number of rotatable bonds is 3. The summed E-state index contributed by atoms with van der Waals surface area (Å²) < 4.78 is 2.07. The quantitative estimate of drug-likeness (QED) is 0.670. The Morgan fingerprint density at radius 2 is 1.95 bits per heavy atom. The molecule has 1 unspecified atom stereocenters. The maximum absolute atomic E-state index is 6.03. The third-order valence-electron chi connectivity index (χ3n) is 3.38. The van der Waals surface area contributed by atoms with Crippen LogP contribution < -0.4 is 0 Å². The average Bonchev–Trinajstić information content (AvgIpc) is 2.85. The average molecular weight is 306 g/mol. The molecule has 0 aliphatic carbocycles. The second-order valence-corrected chi connectivity index (χ2v) is 5.31. The molecule has 102 valence electrons. The van der Waals surface area contributed by atoms with Crippen LogP contribution in [0.3, 0.4) is 0 Å². The lowest BCUT2D eigenvalue weighted by Gasteiger charge is -2.17. The third kappa shape index (κ3) is 2.28. The van der Waals surface area contributed by atoms with Crippen LogP contribution in [-0.2, 0) is 5.88 Å². The van der Waals surface area contributed by atoms with Gasteiger partial charge in [-0.25, -0.2) is 9.97 Å². The van der Waals surface area contributed by atoms with Crippen molar-refractivity contribution in [1.82, 2.24) is 14.5 Å². The Balaban J connectivity index is 2.15. The number of pyridine rings is 1. The Hall–Kier alpha value is -1.58. The van der Waals surface area contributed by atoms with E-state index in [1.807, 2.05) is 36.4 Å². The molecule has 0 saturated heterocycles. The molecular formula is C15H13Cl2N3. The number of fused-ring (bicyclic) bond motifs is 1. The number of nitrogens with zero attached hydrogens (tertiary/aromatic N) is 3. The van der Waals surface area contributed by atoms with E-state index in [-0.39, 0.29) is 6.04 Å².